The Bertz CT molecular complexity index is 591. The number of piperazine rings is 1. The molecule has 1 aromatic carbocycles. The third kappa shape index (κ3) is 4.93. The summed E-state index contributed by atoms with van der Waals surface area (Å²) < 4.78 is 18.7. The average Bonchev–Trinajstić information content (AvgIpc) is 2.56. The summed E-state index contributed by atoms with van der Waals surface area (Å²) in [4.78, 5) is 15.2. The molecule has 2 rings (SSSR count). The van der Waals surface area contributed by atoms with Crippen molar-refractivity contribution >= 4 is 5.91 Å². The molecule has 1 fully saturated rings. The van der Waals surface area contributed by atoms with Gasteiger partial charge in [-0.05, 0) is 25.1 Å². The van der Waals surface area contributed by atoms with Crippen LogP contribution in [0.5, 0.6) is 5.75 Å². The first kappa shape index (κ1) is 17.2. The van der Waals surface area contributed by atoms with Gasteiger partial charge in [-0.3, -0.25) is 4.79 Å². The van der Waals surface area contributed by atoms with Crippen LogP contribution in [-0.2, 0) is 11.3 Å². The van der Waals surface area contributed by atoms with E-state index in [2.05, 4.69) is 0 Å². The maximum absolute atomic E-state index is 13.4. The number of hydrogen-bond donors (Lipinski definition) is 1. The zero-order chi connectivity index (χ0) is 16.7. The Labute approximate surface area is 136 Å². The Morgan fingerprint density at radius 2 is 2.09 bits per heavy atom. The predicted molar refractivity (Wildman–Crippen MR) is 87.9 cm³/mol. The number of hydrogen-bond acceptors (Lipinski definition) is 2. The zero-order valence-corrected chi connectivity index (χ0v) is 13.7. The van der Waals surface area contributed by atoms with E-state index in [9.17, 15) is 9.18 Å². The van der Waals surface area contributed by atoms with E-state index in [0.29, 0.717) is 25.4 Å². The fraction of sp³-hybridized carbons (Fsp3) is 0.389. The van der Waals surface area contributed by atoms with Crippen LogP contribution in [0.3, 0.4) is 0 Å². The van der Waals surface area contributed by atoms with Crippen molar-refractivity contribution in [2.75, 3.05) is 33.3 Å². The second kappa shape index (κ2) is 8.48. The van der Waals surface area contributed by atoms with Gasteiger partial charge in [-0.25, -0.2) is 4.39 Å². The van der Waals surface area contributed by atoms with E-state index in [1.165, 1.54) is 17.0 Å². The third-order valence-electron chi connectivity index (χ3n) is 4.01. The van der Waals surface area contributed by atoms with Crippen molar-refractivity contribution in [3.8, 4) is 5.75 Å². The van der Waals surface area contributed by atoms with E-state index >= 15 is 0 Å². The number of carbonyl (C=O) groups excluding carboxylic acids is 1. The summed E-state index contributed by atoms with van der Waals surface area (Å²) in [6.07, 6.45) is 7.09. The lowest BCUT2D eigenvalue weighted by Gasteiger charge is -2.31. The second-order valence-electron chi connectivity index (χ2n) is 5.59. The normalized spacial score (nSPS) is 16.4. The summed E-state index contributed by atoms with van der Waals surface area (Å²) in [5, 5.41) is 0. The molecule has 1 N–H and O–H groups in total. The number of halogens is 1. The summed E-state index contributed by atoms with van der Waals surface area (Å²) in [5.74, 6) is 0.514. The van der Waals surface area contributed by atoms with Crippen molar-refractivity contribution in [1.82, 2.24) is 4.90 Å². The van der Waals surface area contributed by atoms with Gasteiger partial charge >= 0.3 is 0 Å². The lowest BCUT2D eigenvalue weighted by Crippen LogP contribution is -3.13. The summed E-state index contributed by atoms with van der Waals surface area (Å²) in [6.45, 7) is 5.75. The molecule has 4 nitrogen and oxygen atoms in total. The predicted octanol–water partition coefficient (Wildman–Crippen LogP) is 1.19. The first-order valence-corrected chi connectivity index (χ1v) is 7.88. The van der Waals surface area contributed by atoms with Gasteiger partial charge in [0, 0.05) is 6.08 Å². The Balaban J connectivity index is 1.90. The SMILES string of the molecule is C/C=C/C=C/C(=O)N1CC[NH+](Cc2cc(F)ccc2OC)CC1. The Morgan fingerprint density at radius 3 is 2.74 bits per heavy atom. The van der Waals surface area contributed by atoms with Crippen LogP contribution in [0.15, 0.2) is 42.5 Å². The lowest BCUT2D eigenvalue weighted by atomic mass is 10.1. The molecule has 1 aliphatic heterocycles. The standard InChI is InChI=1S/C18H23FN2O2/c1-3-4-5-6-18(22)21-11-9-20(10-12-21)14-15-13-16(19)7-8-17(15)23-2/h3-8,13H,9-12,14H2,1-2H3/p+1/b4-3+,6-5+. The van der Waals surface area contributed by atoms with Crippen LogP contribution in [0.2, 0.25) is 0 Å². The molecule has 0 unspecified atom stereocenters. The molecule has 0 aromatic heterocycles. The van der Waals surface area contributed by atoms with E-state index < -0.39 is 0 Å². The van der Waals surface area contributed by atoms with Crippen LogP contribution in [0, 0.1) is 5.82 Å². The lowest BCUT2D eigenvalue weighted by molar-refractivity contribution is -0.917. The molecule has 5 heteroatoms. The zero-order valence-electron chi connectivity index (χ0n) is 13.7. The second-order valence-corrected chi connectivity index (χ2v) is 5.59. The van der Waals surface area contributed by atoms with Gasteiger partial charge in [-0.1, -0.05) is 18.2 Å². The molecule has 1 aliphatic rings. The molecule has 0 atom stereocenters. The summed E-state index contributed by atoms with van der Waals surface area (Å²) >= 11 is 0. The van der Waals surface area contributed by atoms with Crippen LogP contribution in [0.4, 0.5) is 4.39 Å². The highest BCUT2D eigenvalue weighted by Gasteiger charge is 2.23. The topological polar surface area (TPSA) is 34.0 Å². The van der Waals surface area contributed by atoms with Crippen molar-refractivity contribution in [3.05, 3.63) is 53.9 Å². The quantitative estimate of drug-likeness (QED) is 0.653. The molecule has 0 radical (unpaired) electrons. The fourth-order valence-electron chi connectivity index (χ4n) is 2.73. The number of nitrogens with one attached hydrogen (secondary N) is 1. The number of ether oxygens (including phenoxy) is 1. The van der Waals surface area contributed by atoms with Gasteiger partial charge in [0.1, 0.15) is 18.1 Å². The van der Waals surface area contributed by atoms with Crippen molar-refractivity contribution in [2.24, 2.45) is 0 Å². The van der Waals surface area contributed by atoms with Crippen LogP contribution in [0.25, 0.3) is 0 Å². The van der Waals surface area contributed by atoms with Crippen molar-refractivity contribution in [2.45, 2.75) is 13.5 Å². The summed E-state index contributed by atoms with van der Waals surface area (Å²) in [6, 6.07) is 4.60. The highest BCUT2D eigenvalue weighted by molar-refractivity contribution is 5.87. The molecule has 1 amide bonds. The summed E-state index contributed by atoms with van der Waals surface area (Å²) in [5.41, 5.74) is 0.871. The molecule has 0 saturated carbocycles. The third-order valence-corrected chi connectivity index (χ3v) is 4.01. The van der Waals surface area contributed by atoms with Crippen molar-refractivity contribution in [1.29, 1.82) is 0 Å². The highest BCUT2D eigenvalue weighted by Crippen LogP contribution is 2.18. The number of allylic oxidation sites excluding steroid dienone is 3. The first-order chi connectivity index (χ1) is 11.1. The smallest absolute Gasteiger partial charge is 0.246 e. The van der Waals surface area contributed by atoms with Crippen LogP contribution >= 0.6 is 0 Å². The monoisotopic (exact) mass is 319 g/mol. The van der Waals surface area contributed by atoms with E-state index in [4.69, 9.17) is 4.74 Å². The van der Waals surface area contributed by atoms with Gasteiger partial charge < -0.3 is 14.5 Å². The average molecular weight is 319 g/mol. The Morgan fingerprint density at radius 1 is 1.35 bits per heavy atom. The first-order valence-electron chi connectivity index (χ1n) is 7.88. The van der Waals surface area contributed by atoms with Crippen LogP contribution in [-0.4, -0.2) is 44.1 Å². The van der Waals surface area contributed by atoms with Gasteiger partial charge in [0.15, 0.2) is 0 Å². The number of benzene rings is 1. The maximum atomic E-state index is 13.4. The van der Waals surface area contributed by atoms with Crippen LogP contribution in [0.1, 0.15) is 12.5 Å². The number of carbonyl (C=O) groups is 1. The minimum atomic E-state index is -0.247. The van der Waals surface area contributed by atoms with Gasteiger partial charge in [0.25, 0.3) is 0 Å². The molecule has 0 bridgehead atoms. The number of amides is 1. The molecular formula is C18H24FN2O2+. The van der Waals surface area contributed by atoms with Gasteiger partial charge in [-0.15, -0.1) is 0 Å². The van der Waals surface area contributed by atoms with Gasteiger partial charge in [0.05, 0.1) is 38.9 Å². The van der Waals surface area contributed by atoms with E-state index in [1.54, 1.807) is 25.3 Å². The minimum absolute atomic E-state index is 0.0467. The number of quaternary nitrogens is 1. The highest BCUT2D eigenvalue weighted by atomic mass is 19.1. The molecule has 124 valence electrons. The largest absolute Gasteiger partial charge is 0.496 e. The van der Waals surface area contributed by atoms with E-state index in [1.807, 2.05) is 24.0 Å². The molecular weight excluding hydrogens is 295 g/mol. The molecule has 0 spiro atoms. The molecule has 0 aliphatic carbocycles. The summed E-state index contributed by atoms with van der Waals surface area (Å²) in [7, 11) is 1.60. The maximum Gasteiger partial charge on any atom is 0.246 e. The van der Waals surface area contributed by atoms with Gasteiger partial charge in [0.2, 0.25) is 5.91 Å². The molecule has 1 aromatic rings. The van der Waals surface area contributed by atoms with Crippen molar-refractivity contribution < 1.29 is 18.8 Å². The molecule has 1 saturated heterocycles. The number of rotatable bonds is 5. The number of methoxy groups -OCH3 is 1. The fourth-order valence-corrected chi connectivity index (χ4v) is 2.73. The van der Waals surface area contributed by atoms with E-state index in [-0.39, 0.29) is 11.7 Å². The van der Waals surface area contributed by atoms with Gasteiger partial charge in [-0.2, -0.15) is 0 Å². The molecule has 1 heterocycles. The number of nitrogens with zero attached hydrogens (tertiary/aromatic N) is 1. The van der Waals surface area contributed by atoms with Crippen LogP contribution < -0.4 is 9.64 Å². The minimum Gasteiger partial charge on any atom is -0.496 e. The molecule has 23 heavy (non-hydrogen) atoms. The Hall–Kier alpha value is -2.14. The van der Waals surface area contributed by atoms with E-state index in [0.717, 1.165) is 18.7 Å². The Kier molecular flexibility index (Phi) is 6.35. The van der Waals surface area contributed by atoms with Crippen molar-refractivity contribution in [3.63, 3.8) is 0 Å².